The highest BCUT2D eigenvalue weighted by Gasteiger charge is 2.11. The number of nitrogens with zero attached hydrogens (tertiary/aromatic N) is 2. The molecule has 110 valence electrons. The molecule has 0 aliphatic heterocycles. The second-order valence-electron chi connectivity index (χ2n) is 3.87. The number of halogens is 2. The highest BCUT2D eigenvalue weighted by Crippen LogP contribution is 2.35. The molecule has 1 N–H and O–H groups in total. The van der Waals surface area contributed by atoms with Crippen molar-refractivity contribution in [3.63, 3.8) is 0 Å². The van der Waals surface area contributed by atoms with E-state index in [1.165, 1.54) is 19.5 Å². The Balaban J connectivity index is 2.32. The number of methoxy groups -OCH3 is 2. The number of carbonyl (C=O) groups is 1. The van der Waals surface area contributed by atoms with Gasteiger partial charge in [-0.25, -0.2) is 9.78 Å². The van der Waals surface area contributed by atoms with Crippen molar-refractivity contribution in [1.29, 1.82) is 0 Å². The van der Waals surface area contributed by atoms with Crippen molar-refractivity contribution < 1.29 is 14.3 Å². The van der Waals surface area contributed by atoms with Crippen molar-refractivity contribution in [2.45, 2.75) is 0 Å². The fourth-order valence-electron chi connectivity index (χ4n) is 1.55. The topological polar surface area (TPSA) is 73.3 Å². The monoisotopic (exact) mass is 415 g/mol. The highest BCUT2D eigenvalue weighted by molar-refractivity contribution is 9.11. The molecule has 1 aromatic carbocycles. The fourth-order valence-corrected chi connectivity index (χ4v) is 2.80. The van der Waals surface area contributed by atoms with Gasteiger partial charge in [-0.15, -0.1) is 0 Å². The number of hydrogen-bond donors (Lipinski definition) is 1. The Morgan fingerprint density at radius 2 is 1.95 bits per heavy atom. The Morgan fingerprint density at radius 1 is 1.19 bits per heavy atom. The van der Waals surface area contributed by atoms with Crippen LogP contribution < -0.4 is 10.1 Å². The minimum Gasteiger partial charge on any atom is -0.495 e. The molecule has 6 nitrogen and oxygen atoms in total. The molecule has 0 atom stereocenters. The molecule has 0 unspecified atom stereocenters. The lowest BCUT2D eigenvalue weighted by molar-refractivity contribution is 0.0593. The van der Waals surface area contributed by atoms with E-state index in [1.54, 1.807) is 13.2 Å². The molecular weight excluding hydrogens is 406 g/mol. The summed E-state index contributed by atoms with van der Waals surface area (Å²) in [7, 11) is 2.87. The molecule has 2 rings (SSSR count). The average molecular weight is 417 g/mol. The van der Waals surface area contributed by atoms with Crippen LogP contribution >= 0.6 is 31.9 Å². The summed E-state index contributed by atoms with van der Waals surface area (Å²) in [5.74, 6) is 0.541. The number of hydrogen-bond acceptors (Lipinski definition) is 6. The van der Waals surface area contributed by atoms with Gasteiger partial charge in [-0.2, -0.15) is 0 Å². The second kappa shape index (κ2) is 6.86. The second-order valence-corrected chi connectivity index (χ2v) is 5.58. The maximum atomic E-state index is 11.4. The van der Waals surface area contributed by atoms with E-state index in [-0.39, 0.29) is 5.69 Å². The van der Waals surface area contributed by atoms with Crippen LogP contribution in [0.25, 0.3) is 0 Å². The van der Waals surface area contributed by atoms with Gasteiger partial charge >= 0.3 is 5.97 Å². The number of carbonyl (C=O) groups excluding carboxylic acids is 1. The average Bonchev–Trinajstić information content (AvgIpc) is 2.49. The van der Waals surface area contributed by atoms with Gasteiger partial charge in [0.25, 0.3) is 0 Å². The van der Waals surface area contributed by atoms with Crippen molar-refractivity contribution in [3.8, 4) is 5.75 Å². The molecule has 1 aromatic heterocycles. The van der Waals surface area contributed by atoms with E-state index < -0.39 is 5.97 Å². The minimum absolute atomic E-state index is 0.127. The van der Waals surface area contributed by atoms with Crippen LogP contribution in [0.2, 0.25) is 0 Å². The molecule has 0 fully saturated rings. The van der Waals surface area contributed by atoms with E-state index in [1.807, 2.05) is 6.07 Å². The Kier molecular flexibility index (Phi) is 5.13. The summed E-state index contributed by atoms with van der Waals surface area (Å²) in [6, 6.07) is 3.64. The molecule has 21 heavy (non-hydrogen) atoms. The number of rotatable bonds is 4. The molecule has 0 saturated heterocycles. The zero-order valence-corrected chi connectivity index (χ0v) is 14.4. The summed E-state index contributed by atoms with van der Waals surface area (Å²) >= 11 is 6.84. The summed E-state index contributed by atoms with van der Waals surface area (Å²) in [6.07, 6.45) is 2.85. The smallest absolute Gasteiger partial charge is 0.358 e. The van der Waals surface area contributed by atoms with Gasteiger partial charge in [-0.1, -0.05) is 0 Å². The lowest BCUT2D eigenvalue weighted by Crippen LogP contribution is -2.07. The first-order valence-electron chi connectivity index (χ1n) is 5.75. The van der Waals surface area contributed by atoms with Gasteiger partial charge in [0, 0.05) is 10.5 Å². The molecule has 0 aliphatic carbocycles. The standard InChI is InChI=1S/C13H11Br2N3O3/c1-20-11-4-9(7(14)3-8(11)15)17-12-6-16-5-10(18-12)13(19)21-2/h3-6H,1-2H3,(H,17,18). The first-order chi connectivity index (χ1) is 10.0. The third kappa shape index (κ3) is 3.70. The predicted molar refractivity (Wildman–Crippen MR) is 85.0 cm³/mol. The molecule has 0 amide bonds. The molecule has 0 bridgehead atoms. The van der Waals surface area contributed by atoms with Crippen LogP contribution in [0.15, 0.2) is 33.5 Å². The normalized spacial score (nSPS) is 10.1. The molecule has 2 aromatic rings. The van der Waals surface area contributed by atoms with Crippen LogP contribution in [0, 0.1) is 0 Å². The van der Waals surface area contributed by atoms with Gasteiger partial charge in [-0.05, 0) is 37.9 Å². The zero-order valence-electron chi connectivity index (χ0n) is 11.2. The first kappa shape index (κ1) is 15.7. The van der Waals surface area contributed by atoms with Crippen LogP contribution in [0.4, 0.5) is 11.5 Å². The fraction of sp³-hybridized carbons (Fsp3) is 0.154. The molecule has 0 saturated carbocycles. The molecule has 0 spiro atoms. The van der Waals surface area contributed by atoms with Crippen LogP contribution in [0.5, 0.6) is 5.75 Å². The summed E-state index contributed by atoms with van der Waals surface area (Å²) in [5.41, 5.74) is 0.856. The number of anilines is 2. The van der Waals surface area contributed by atoms with Gasteiger partial charge in [0.15, 0.2) is 5.69 Å². The van der Waals surface area contributed by atoms with Crippen LogP contribution in [0.1, 0.15) is 10.5 Å². The molecule has 0 aliphatic rings. The molecular formula is C13H11Br2N3O3. The lowest BCUT2D eigenvalue weighted by atomic mass is 10.3. The number of benzene rings is 1. The molecule has 0 radical (unpaired) electrons. The van der Waals surface area contributed by atoms with E-state index >= 15 is 0 Å². The van der Waals surface area contributed by atoms with Gasteiger partial charge in [-0.3, -0.25) is 4.98 Å². The van der Waals surface area contributed by atoms with Crippen molar-refractivity contribution in [3.05, 3.63) is 39.2 Å². The number of aromatic nitrogens is 2. The lowest BCUT2D eigenvalue weighted by Gasteiger charge is -2.11. The van der Waals surface area contributed by atoms with Crippen LogP contribution in [-0.4, -0.2) is 30.2 Å². The maximum Gasteiger partial charge on any atom is 0.358 e. The number of nitrogens with one attached hydrogen (secondary N) is 1. The van der Waals surface area contributed by atoms with E-state index in [2.05, 4.69) is 51.9 Å². The van der Waals surface area contributed by atoms with Gasteiger partial charge in [0.2, 0.25) is 0 Å². The summed E-state index contributed by atoms with van der Waals surface area (Å²) in [6.45, 7) is 0. The Labute approximate surface area is 138 Å². The number of esters is 1. The zero-order chi connectivity index (χ0) is 15.4. The number of ether oxygens (including phenoxy) is 2. The minimum atomic E-state index is -0.543. The first-order valence-corrected chi connectivity index (χ1v) is 7.34. The quantitative estimate of drug-likeness (QED) is 0.768. The van der Waals surface area contributed by atoms with Crippen molar-refractivity contribution >= 4 is 49.3 Å². The predicted octanol–water partition coefficient (Wildman–Crippen LogP) is 3.54. The van der Waals surface area contributed by atoms with Gasteiger partial charge in [0.1, 0.15) is 11.6 Å². The molecule has 8 heteroatoms. The largest absolute Gasteiger partial charge is 0.495 e. The molecule has 1 heterocycles. The van der Waals surface area contributed by atoms with Gasteiger partial charge in [0.05, 0.1) is 36.8 Å². The Bertz CT molecular complexity index is 680. The van der Waals surface area contributed by atoms with Crippen molar-refractivity contribution in [2.75, 3.05) is 19.5 Å². The van der Waals surface area contributed by atoms with E-state index in [0.29, 0.717) is 11.6 Å². The van der Waals surface area contributed by atoms with E-state index in [0.717, 1.165) is 14.6 Å². The van der Waals surface area contributed by atoms with Crippen molar-refractivity contribution in [2.24, 2.45) is 0 Å². The third-order valence-electron chi connectivity index (χ3n) is 2.53. The summed E-state index contributed by atoms with van der Waals surface area (Å²) in [4.78, 5) is 19.5. The van der Waals surface area contributed by atoms with Crippen LogP contribution in [-0.2, 0) is 4.74 Å². The van der Waals surface area contributed by atoms with E-state index in [9.17, 15) is 4.79 Å². The van der Waals surface area contributed by atoms with Gasteiger partial charge < -0.3 is 14.8 Å². The van der Waals surface area contributed by atoms with E-state index in [4.69, 9.17) is 4.74 Å². The highest BCUT2D eigenvalue weighted by atomic mass is 79.9. The Morgan fingerprint density at radius 3 is 2.62 bits per heavy atom. The SMILES string of the molecule is COC(=O)c1cncc(Nc2cc(OC)c(Br)cc2Br)n1. The maximum absolute atomic E-state index is 11.4. The summed E-state index contributed by atoms with van der Waals surface area (Å²) in [5, 5.41) is 3.06. The summed E-state index contributed by atoms with van der Waals surface area (Å²) < 4.78 is 11.5. The van der Waals surface area contributed by atoms with Crippen molar-refractivity contribution in [1.82, 2.24) is 9.97 Å². The Hall–Kier alpha value is -1.67. The third-order valence-corrected chi connectivity index (χ3v) is 3.81. The van der Waals surface area contributed by atoms with Crippen LogP contribution in [0.3, 0.4) is 0 Å².